The topological polar surface area (TPSA) is 50.8 Å². The molecule has 160 valence electrons. The Morgan fingerprint density at radius 3 is 2.33 bits per heavy atom. The minimum absolute atomic E-state index is 0.0566. The molecule has 0 aromatic heterocycles. The zero-order valence-electron chi connectivity index (χ0n) is 18.0. The maximum atomic E-state index is 12.9. The van der Waals surface area contributed by atoms with E-state index >= 15 is 0 Å². The molecule has 2 heterocycles. The number of fused-ring (bicyclic) bond motifs is 2. The van der Waals surface area contributed by atoms with Gasteiger partial charge in [0.2, 0.25) is 5.91 Å². The number of hydrogen-bond donors (Lipinski definition) is 1. The number of rotatable bonds is 5. The van der Waals surface area contributed by atoms with Crippen molar-refractivity contribution < 1.29 is 14.3 Å². The number of nitrogens with one attached hydrogen (secondary N) is 1. The van der Waals surface area contributed by atoms with Gasteiger partial charge in [-0.15, -0.1) is 0 Å². The smallest absolute Gasteiger partial charge is 0.234 e. The summed E-state index contributed by atoms with van der Waals surface area (Å²) in [5.41, 5.74) is 3.88. The van der Waals surface area contributed by atoms with E-state index in [9.17, 15) is 4.79 Å². The van der Waals surface area contributed by atoms with Crippen LogP contribution in [0, 0.1) is 5.92 Å². The molecule has 2 aliphatic rings. The first-order valence-corrected chi connectivity index (χ1v) is 11.1. The number of carbonyl (C=O) groups excluding carboxylic acids is 1. The van der Waals surface area contributed by atoms with Gasteiger partial charge in [-0.3, -0.25) is 9.69 Å². The molecule has 5 nitrogen and oxygen atoms in total. The van der Waals surface area contributed by atoms with Crippen molar-refractivity contribution in [2.75, 3.05) is 32.8 Å². The molecule has 0 spiro atoms. The predicted molar refractivity (Wildman–Crippen MR) is 118 cm³/mol. The van der Waals surface area contributed by atoms with Gasteiger partial charge in [0.1, 0.15) is 0 Å². The maximum Gasteiger partial charge on any atom is 0.234 e. The van der Waals surface area contributed by atoms with Crippen molar-refractivity contribution in [2.24, 2.45) is 5.92 Å². The van der Waals surface area contributed by atoms with E-state index in [0.717, 1.165) is 49.4 Å². The van der Waals surface area contributed by atoms with E-state index in [1.165, 1.54) is 11.1 Å². The summed E-state index contributed by atoms with van der Waals surface area (Å²) in [7, 11) is 0. The number of carbonyl (C=O) groups is 1. The van der Waals surface area contributed by atoms with Gasteiger partial charge in [-0.1, -0.05) is 44.2 Å². The molecule has 5 heteroatoms. The molecule has 2 aromatic rings. The highest BCUT2D eigenvalue weighted by molar-refractivity contribution is 5.78. The molecule has 0 bridgehead atoms. The monoisotopic (exact) mass is 408 g/mol. The molecule has 1 amide bonds. The van der Waals surface area contributed by atoms with E-state index in [0.29, 0.717) is 19.8 Å². The minimum Gasteiger partial charge on any atom is -0.490 e. The van der Waals surface area contributed by atoms with Crippen molar-refractivity contribution in [1.29, 1.82) is 0 Å². The van der Waals surface area contributed by atoms with E-state index in [1.807, 2.05) is 18.2 Å². The van der Waals surface area contributed by atoms with Gasteiger partial charge in [-0.2, -0.15) is 0 Å². The molecule has 0 saturated carbocycles. The summed E-state index contributed by atoms with van der Waals surface area (Å²) >= 11 is 0. The summed E-state index contributed by atoms with van der Waals surface area (Å²) < 4.78 is 11.6. The van der Waals surface area contributed by atoms with Crippen LogP contribution in [0.4, 0.5) is 0 Å². The Bertz CT molecular complexity index is 853. The van der Waals surface area contributed by atoms with Gasteiger partial charge in [0.25, 0.3) is 0 Å². The predicted octanol–water partition coefficient (Wildman–Crippen LogP) is 3.76. The van der Waals surface area contributed by atoms with Gasteiger partial charge in [-0.05, 0) is 47.6 Å². The van der Waals surface area contributed by atoms with Gasteiger partial charge in [0, 0.05) is 19.5 Å². The normalized spacial score (nSPS) is 17.6. The van der Waals surface area contributed by atoms with E-state index < -0.39 is 0 Å². The fraction of sp³-hybridized carbons (Fsp3) is 0.480. The quantitative estimate of drug-likeness (QED) is 0.818. The molecular formula is C25H32N2O3. The first-order valence-electron chi connectivity index (χ1n) is 11.1. The molecule has 1 unspecified atom stereocenters. The molecule has 0 saturated heterocycles. The van der Waals surface area contributed by atoms with E-state index in [2.05, 4.69) is 48.3 Å². The van der Waals surface area contributed by atoms with Crippen LogP contribution in [0.3, 0.4) is 0 Å². The summed E-state index contributed by atoms with van der Waals surface area (Å²) in [5.74, 6) is 1.91. The number of nitrogens with zero attached hydrogens (tertiary/aromatic N) is 1. The summed E-state index contributed by atoms with van der Waals surface area (Å²) in [6.07, 6.45) is 2.88. The average molecular weight is 409 g/mol. The van der Waals surface area contributed by atoms with E-state index in [4.69, 9.17) is 9.47 Å². The van der Waals surface area contributed by atoms with Crippen molar-refractivity contribution >= 4 is 5.91 Å². The Balaban J connectivity index is 1.40. The van der Waals surface area contributed by atoms with Crippen LogP contribution in [0.5, 0.6) is 11.5 Å². The molecular weight excluding hydrogens is 376 g/mol. The largest absolute Gasteiger partial charge is 0.490 e. The molecule has 30 heavy (non-hydrogen) atoms. The van der Waals surface area contributed by atoms with Gasteiger partial charge in [-0.25, -0.2) is 0 Å². The van der Waals surface area contributed by atoms with Crippen molar-refractivity contribution in [3.8, 4) is 11.5 Å². The van der Waals surface area contributed by atoms with Crippen molar-refractivity contribution in [3.63, 3.8) is 0 Å². The summed E-state index contributed by atoms with van der Waals surface area (Å²) in [6, 6.07) is 14.6. The number of amides is 1. The van der Waals surface area contributed by atoms with Crippen LogP contribution >= 0.6 is 0 Å². The Morgan fingerprint density at radius 2 is 1.67 bits per heavy atom. The highest BCUT2D eigenvalue weighted by Gasteiger charge is 2.23. The average Bonchev–Trinajstić information content (AvgIpc) is 3.10. The van der Waals surface area contributed by atoms with E-state index in [1.54, 1.807) is 0 Å². The van der Waals surface area contributed by atoms with Crippen LogP contribution in [-0.2, 0) is 17.6 Å². The van der Waals surface area contributed by atoms with Crippen molar-refractivity contribution in [3.05, 3.63) is 59.2 Å². The van der Waals surface area contributed by atoms with Gasteiger partial charge < -0.3 is 14.8 Å². The minimum atomic E-state index is -0.0566. The standard InChI is InChI=1S/C25H32N2O3/c1-18(2)25(21-8-9-22-23(16-21)30-15-5-14-29-22)26-24(28)17-27-12-10-19-6-3-4-7-20(19)11-13-27/h3-4,6-9,16,18,25H,5,10-15,17H2,1-2H3,(H,26,28). The Labute approximate surface area is 179 Å². The first-order chi connectivity index (χ1) is 14.6. The molecule has 0 aliphatic carbocycles. The zero-order valence-corrected chi connectivity index (χ0v) is 18.0. The summed E-state index contributed by atoms with van der Waals surface area (Å²) in [5, 5.41) is 3.27. The molecule has 0 radical (unpaired) electrons. The number of benzene rings is 2. The molecule has 2 aliphatic heterocycles. The van der Waals surface area contributed by atoms with E-state index in [-0.39, 0.29) is 17.9 Å². The second-order valence-electron chi connectivity index (χ2n) is 8.59. The Kier molecular flexibility index (Phi) is 6.58. The lowest BCUT2D eigenvalue weighted by molar-refractivity contribution is -0.123. The van der Waals surface area contributed by atoms with Crippen LogP contribution in [0.2, 0.25) is 0 Å². The highest BCUT2D eigenvalue weighted by Crippen LogP contribution is 2.34. The maximum absolute atomic E-state index is 12.9. The van der Waals surface area contributed by atoms with Crippen molar-refractivity contribution in [2.45, 2.75) is 39.2 Å². The highest BCUT2D eigenvalue weighted by atomic mass is 16.5. The Morgan fingerprint density at radius 1 is 1.00 bits per heavy atom. The Hall–Kier alpha value is -2.53. The summed E-state index contributed by atoms with van der Waals surface area (Å²) in [6.45, 7) is 7.87. The zero-order chi connectivity index (χ0) is 20.9. The van der Waals surface area contributed by atoms with Gasteiger partial charge >= 0.3 is 0 Å². The van der Waals surface area contributed by atoms with Crippen LogP contribution < -0.4 is 14.8 Å². The lowest BCUT2D eigenvalue weighted by Gasteiger charge is -2.26. The lowest BCUT2D eigenvalue weighted by Crippen LogP contribution is -2.41. The van der Waals surface area contributed by atoms with Gasteiger partial charge in [0.05, 0.1) is 25.8 Å². The lowest BCUT2D eigenvalue weighted by atomic mass is 9.95. The third kappa shape index (κ3) is 4.96. The van der Waals surface area contributed by atoms with Gasteiger partial charge in [0.15, 0.2) is 11.5 Å². The first kappa shape index (κ1) is 20.7. The van der Waals surface area contributed by atoms with Crippen molar-refractivity contribution in [1.82, 2.24) is 10.2 Å². The molecule has 2 aromatic carbocycles. The molecule has 4 rings (SSSR count). The van der Waals surface area contributed by atoms with Crippen LogP contribution in [-0.4, -0.2) is 43.7 Å². The van der Waals surface area contributed by atoms with Crippen LogP contribution in [0.25, 0.3) is 0 Å². The SMILES string of the molecule is CC(C)C(NC(=O)CN1CCc2ccccc2CC1)c1ccc2c(c1)OCCCO2. The fourth-order valence-corrected chi connectivity index (χ4v) is 4.30. The van der Waals surface area contributed by atoms with Crippen LogP contribution in [0.1, 0.15) is 43.0 Å². The number of ether oxygens (including phenoxy) is 2. The fourth-order valence-electron chi connectivity index (χ4n) is 4.30. The molecule has 1 atom stereocenters. The van der Waals surface area contributed by atoms with Crippen LogP contribution in [0.15, 0.2) is 42.5 Å². The third-order valence-corrected chi connectivity index (χ3v) is 5.99. The molecule has 1 N–H and O–H groups in total. The number of hydrogen-bond acceptors (Lipinski definition) is 4. The second-order valence-corrected chi connectivity index (χ2v) is 8.59. The third-order valence-electron chi connectivity index (χ3n) is 5.99. The summed E-state index contributed by atoms with van der Waals surface area (Å²) in [4.78, 5) is 15.2. The molecule has 0 fully saturated rings. The second kappa shape index (κ2) is 9.52.